The number of nitrogens with zero attached hydrogens (tertiary/aromatic N) is 3. The van der Waals surface area contributed by atoms with Gasteiger partial charge in [0.15, 0.2) is 0 Å². The van der Waals surface area contributed by atoms with Crippen LogP contribution >= 0.6 is 0 Å². The summed E-state index contributed by atoms with van der Waals surface area (Å²) < 4.78 is 0. The van der Waals surface area contributed by atoms with Crippen LogP contribution in [0, 0.1) is 10.1 Å². The lowest BCUT2D eigenvalue weighted by Gasteiger charge is -2.15. The number of anilines is 3. The molecule has 9 heteroatoms. The smallest absolute Gasteiger partial charge is 0.288 e. The van der Waals surface area contributed by atoms with Crippen molar-refractivity contribution in [2.75, 3.05) is 17.3 Å². The first-order valence-electron chi connectivity index (χ1n) is 6.85. The van der Waals surface area contributed by atoms with Gasteiger partial charge in [-0.2, -0.15) is 0 Å². The monoisotopic (exact) mass is 329 g/mol. The molecule has 0 spiro atoms. The number of aromatic nitrogens is 1. The first kappa shape index (κ1) is 16.9. The van der Waals surface area contributed by atoms with Crippen LogP contribution in [0.4, 0.5) is 22.9 Å². The minimum absolute atomic E-state index is 0.0888. The Labute approximate surface area is 137 Å². The molecule has 0 radical (unpaired) electrons. The van der Waals surface area contributed by atoms with E-state index in [0.717, 1.165) is 12.3 Å². The molecule has 2 rings (SSSR count). The molecule has 0 aliphatic heterocycles. The molecule has 3 N–H and O–H groups in total. The van der Waals surface area contributed by atoms with Crippen LogP contribution < -0.4 is 16.0 Å². The third-order valence-electron chi connectivity index (χ3n) is 3.34. The molecule has 0 aliphatic carbocycles. The summed E-state index contributed by atoms with van der Waals surface area (Å²) in [5, 5.41) is 13.6. The quantitative estimate of drug-likeness (QED) is 0.635. The number of pyridine rings is 1. The average molecular weight is 329 g/mol. The molecule has 2 amide bonds. The summed E-state index contributed by atoms with van der Waals surface area (Å²) in [6.07, 6.45) is 1.03. The van der Waals surface area contributed by atoms with Crippen molar-refractivity contribution >= 4 is 34.7 Å². The van der Waals surface area contributed by atoms with Crippen molar-refractivity contribution in [1.29, 1.82) is 0 Å². The third-order valence-corrected chi connectivity index (χ3v) is 3.34. The van der Waals surface area contributed by atoms with E-state index in [4.69, 9.17) is 5.73 Å². The van der Waals surface area contributed by atoms with Crippen LogP contribution in [0.1, 0.15) is 17.3 Å². The predicted octanol–water partition coefficient (Wildman–Crippen LogP) is 1.81. The fraction of sp³-hybridized carbons (Fsp3) is 0.133. The number of nitro groups is 1. The molecular weight excluding hydrogens is 314 g/mol. The van der Waals surface area contributed by atoms with Gasteiger partial charge in [0.05, 0.1) is 10.5 Å². The van der Waals surface area contributed by atoms with Crippen LogP contribution in [0.25, 0.3) is 0 Å². The summed E-state index contributed by atoms with van der Waals surface area (Å²) in [6, 6.07) is 7.85. The maximum absolute atomic E-state index is 11.5. The van der Waals surface area contributed by atoms with Crippen molar-refractivity contribution in [1.82, 2.24) is 4.98 Å². The van der Waals surface area contributed by atoms with Crippen molar-refractivity contribution in [3.8, 4) is 0 Å². The largest absolute Gasteiger partial charge is 0.365 e. The van der Waals surface area contributed by atoms with Crippen LogP contribution in [0.3, 0.4) is 0 Å². The average Bonchev–Trinajstić information content (AvgIpc) is 2.54. The number of hydrogen-bond acceptors (Lipinski definition) is 6. The Morgan fingerprint density at radius 2 is 1.92 bits per heavy atom. The molecule has 0 atom stereocenters. The standard InChI is InChI=1S/C15H15N5O4/c1-9(21)19(2)11-5-3-10(4-6-11)18-15-13(14(16)22)7-12(8-17-15)20(23)24/h3-8H,1-2H3,(H2,16,22)(H,17,18). The highest BCUT2D eigenvalue weighted by Crippen LogP contribution is 2.24. The Hall–Kier alpha value is -3.49. The van der Waals surface area contributed by atoms with E-state index in [0.29, 0.717) is 11.4 Å². The van der Waals surface area contributed by atoms with Gasteiger partial charge in [-0.3, -0.25) is 19.7 Å². The zero-order valence-electron chi connectivity index (χ0n) is 13.0. The molecule has 0 saturated heterocycles. The topological polar surface area (TPSA) is 131 Å². The number of carbonyl (C=O) groups is 2. The molecule has 2 aromatic rings. The molecule has 1 heterocycles. The third kappa shape index (κ3) is 3.64. The van der Waals surface area contributed by atoms with E-state index < -0.39 is 10.8 Å². The van der Waals surface area contributed by atoms with E-state index in [1.807, 2.05) is 0 Å². The number of benzene rings is 1. The normalized spacial score (nSPS) is 10.1. The van der Waals surface area contributed by atoms with Gasteiger partial charge in [-0.05, 0) is 24.3 Å². The molecule has 1 aromatic heterocycles. The van der Waals surface area contributed by atoms with E-state index in [1.54, 1.807) is 31.3 Å². The predicted molar refractivity (Wildman–Crippen MR) is 88.2 cm³/mol. The number of amides is 2. The van der Waals surface area contributed by atoms with Gasteiger partial charge in [-0.25, -0.2) is 4.98 Å². The van der Waals surface area contributed by atoms with E-state index in [9.17, 15) is 19.7 Å². The fourth-order valence-electron chi connectivity index (χ4n) is 1.93. The molecule has 0 fully saturated rings. The van der Waals surface area contributed by atoms with Crippen molar-refractivity contribution in [2.45, 2.75) is 6.92 Å². The first-order valence-corrected chi connectivity index (χ1v) is 6.85. The zero-order valence-corrected chi connectivity index (χ0v) is 13.0. The number of nitrogens with two attached hydrogens (primary N) is 1. The molecular formula is C15H15N5O4. The molecule has 0 unspecified atom stereocenters. The van der Waals surface area contributed by atoms with Crippen molar-refractivity contribution in [3.05, 3.63) is 52.2 Å². The van der Waals surface area contributed by atoms with Gasteiger partial charge in [0.1, 0.15) is 12.0 Å². The molecule has 0 aliphatic rings. The lowest BCUT2D eigenvalue weighted by atomic mass is 10.2. The van der Waals surface area contributed by atoms with Gasteiger partial charge in [-0.1, -0.05) is 0 Å². The number of carbonyl (C=O) groups excluding carboxylic acids is 2. The summed E-state index contributed by atoms with van der Waals surface area (Å²) in [4.78, 5) is 38.3. The Kier molecular flexibility index (Phi) is 4.73. The summed E-state index contributed by atoms with van der Waals surface area (Å²) in [6.45, 7) is 1.45. The van der Waals surface area contributed by atoms with Gasteiger partial charge in [0.2, 0.25) is 5.91 Å². The Morgan fingerprint density at radius 3 is 2.42 bits per heavy atom. The van der Waals surface area contributed by atoms with Crippen molar-refractivity contribution < 1.29 is 14.5 Å². The molecule has 1 aromatic carbocycles. The van der Waals surface area contributed by atoms with Gasteiger partial charge in [0, 0.05) is 31.4 Å². The minimum atomic E-state index is -0.832. The highest BCUT2D eigenvalue weighted by atomic mass is 16.6. The van der Waals surface area contributed by atoms with Gasteiger partial charge in [-0.15, -0.1) is 0 Å². The maximum Gasteiger partial charge on any atom is 0.288 e. The Balaban J connectivity index is 2.29. The lowest BCUT2D eigenvalue weighted by Crippen LogP contribution is -2.22. The molecule has 9 nitrogen and oxygen atoms in total. The second-order valence-corrected chi connectivity index (χ2v) is 4.96. The fourth-order valence-corrected chi connectivity index (χ4v) is 1.93. The lowest BCUT2D eigenvalue weighted by molar-refractivity contribution is -0.385. The second-order valence-electron chi connectivity index (χ2n) is 4.96. The van der Waals surface area contributed by atoms with E-state index in [1.165, 1.54) is 11.8 Å². The maximum atomic E-state index is 11.5. The van der Waals surface area contributed by atoms with Crippen LogP contribution in [0.5, 0.6) is 0 Å². The van der Waals surface area contributed by atoms with Crippen LogP contribution in [-0.2, 0) is 4.79 Å². The van der Waals surface area contributed by atoms with Crippen molar-refractivity contribution in [2.24, 2.45) is 5.73 Å². The number of nitrogens with one attached hydrogen (secondary N) is 1. The van der Waals surface area contributed by atoms with Crippen LogP contribution in [0.15, 0.2) is 36.5 Å². The molecule has 124 valence electrons. The van der Waals surface area contributed by atoms with Gasteiger partial charge >= 0.3 is 0 Å². The van der Waals surface area contributed by atoms with Crippen LogP contribution in [-0.4, -0.2) is 28.8 Å². The van der Waals surface area contributed by atoms with Crippen molar-refractivity contribution in [3.63, 3.8) is 0 Å². The molecule has 0 bridgehead atoms. The highest BCUT2D eigenvalue weighted by Gasteiger charge is 2.16. The summed E-state index contributed by atoms with van der Waals surface area (Å²) in [5.41, 5.74) is 6.11. The summed E-state index contributed by atoms with van der Waals surface area (Å²) in [5.74, 6) is -0.828. The molecule has 24 heavy (non-hydrogen) atoms. The summed E-state index contributed by atoms with van der Waals surface area (Å²) >= 11 is 0. The minimum Gasteiger partial charge on any atom is -0.365 e. The zero-order chi connectivity index (χ0) is 17.9. The number of primary amides is 1. The number of rotatable bonds is 5. The molecule has 0 saturated carbocycles. The Bertz CT molecular complexity index is 804. The number of hydrogen-bond donors (Lipinski definition) is 2. The van der Waals surface area contributed by atoms with Gasteiger partial charge < -0.3 is 16.0 Å². The van der Waals surface area contributed by atoms with Gasteiger partial charge in [0.25, 0.3) is 11.6 Å². The van der Waals surface area contributed by atoms with E-state index in [-0.39, 0.29) is 23.0 Å². The second kappa shape index (κ2) is 6.73. The Morgan fingerprint density at radius 1 is 1.29 bits per heavy atom. The highest BCUT2D eigenvalue weighted by molar-refractivity contribution is 5.99. The first-order chi connectivity index (χ1) is 11.3. The van der Waals surface area contributed by atoms with E-state index >= 15 is 0 Å². The van der Waals surface area contributed by atoms with Crippen LogP contribution in [0.2, 0.25) is 0 Å². The SMILES string of the molecule is CC(=O)N(C)c1ccc(Nc2ncc([N+](=O)[O-])cc2C(N)=O)cc1. The van der Waals surface area contributed by atoms with E-state index in [2.05, 4.69) is 10.3 Å². The summed E-state index contributed by atoms with van der Waals surface area (Å²) in [7, 11) is 1.65.